The number of rotatable bonds is 5. The highest BCUT2D eigenvalue weighted by Gasteiger charge is 2.16. The van der Waals surface area contributed by atoms with Gasteiger partial charge in [-0.2, -0.15) is 0 Å². The standard InChI is InChI=1S/C18H29FN4/c1-20-18(21-10-7-15-8-11-22(2)12-9-15)23(3)14-16-5-4-6-17(19)13-16/h4-6,13,15H,7-12,14H2,1-3H3,(H,20,21). The van der Waals surface area contributed by atoms with Crippen LogP contribution in [0.3, 0.4) is 0 Å². The van der Waals surface area contributed by atoms with Gasteiger partial charge in [-0.1, -0.05) is 12.1 Å². The third kappa shape index (κ3) is 5.82. The van der Waals surface area contributed by atoms with E-state index in [1.165, 1.54) is 38.4 Å². The minimum atomic E-state index is -0.193. The first kappa shape index (κ1) is 17.7. The molecule has 0 saturated carbocycles. The molecular formula is C18H29FN4. The van der Waals surface area contributed by atoms with Crippen LogP contribution in [0.4, 0.5) is 4.39 Å². The van der Waals surface area contributed by atoms with Gasteiger partial charge in [0, 0.05) is 27.2 Å². The summed E-state index contributed by atoms with van der Waals surface area (Å²) >= 11 is 0. The molecule has 0 unspecified atom stereocenters. The van der Waals surface area contributed by atoms with E-state index in [-0.39, 0.29) is 5.82 Å². The summed E-state index contributed by atoms with van der Waals surface area (Å²) in [5.41, 5.74) is 0.950. The molecule has 128 valence electrons. The van der Waals surface area contributed by atoms with E-state index in [0.29, 0.717) is 6.54 Å². The number of benzene rings is 1. The largest absolute Gasteiger partial charge is 0.356 e. The molecule has 1 N–H and O–H groups in total. The van der Waals surface area contributed by atoms with Crippen molar-refractivity contribution in [3.05, 3.63) is 35.6 Å². The van der Waals surface area contributed by atoms with Crippen molar-refractivity contribution in [3.63, 3.8) is 0 Å². The lowest BCUT2D eigenvalue weighted by Crippen LogP contribution is -2.40. The van der Waals surface area contributed by atoms with Crippen molar-refractivity contribution in [2.24, 2.45) is 10.9 Å². The van der Waals surface area contributed by atoms with Crippen LogP contribution < -0.4 is 5.32 Å². The maximum absolute atomic E-state index is 13.3. The van der Waals surface area contributed by atoms with E-state index in [2.05, 4.69) is 22.3 Å². The molecule has 0 bridgehead atoms. The molecule has 1 fully saturated rings. The molecule has 1 aliphatic heterocycles. The first-order chi connectivity index (χ1) is 11.1. The van der Waals surface area contributed by atoms with Crippen molar-refractivity contribution in [3.8, 4) is 0 Å². The van der Waals surface area contributed by atoms with Gasteiger partial charge >= 0.3 is 0 Å². The summed E-state index contributed by atoms with van der Waals surface area (Å²) in [7, 11) is 5.97. The Morgan fingerprint density at radius 3 is 2.78 bits per heavy atom. The molecule has 1 aromatic carbocycles. The zero-order valence-corrected chi connectivity index (χ0v) is 14.6. The number of aliphatic imine (C=N–C) groups is 1. The minimum Gasteiger partial charge on any atom is -0.356 e. The van der Waals surface area contributed by atoms with Crippen molar-refractivity contribution < 1.29 is 4.39 Å². The molecule has 4 nitrogen and oxygen atoms in total. The SMILES string of the molecule is CN=C(NCCC1CCN(C)CC1)N(C)Cc1cccc(F)c1. The molecule has 0 radical (unpaired) electrons. The number of nitrogens with zero attached hydrogens (tertiary/aromatic N) is 3. The summed E-state index contributed by atoms with van der Waals surface area (Å²) < 4.78 is 13.3. The molecular weight excluding hydrogens is 291 g/mol. The van der Waals surface area contributed by atoms with Gasteiger partial charge in [0.15, 0.2) is 5.96 Å². The van der Waals surface area contributed by atoms with Crippen LogP contribution in [0.5, 0.6) is 0 Å². The van der Waals surface area contributed by atoms with Crippen LogP contribution in [-0.4, -0.2) is 56.5 Å². The highest BCUT2D eigenvalue weighted by molar-refractivity contribution is 5.79. The van der Waals surface area contributed by atoms with Crippen LogP contribution in [0, 0.1) is 11.7 Å². The molecule has 1 aliphatic rings. The van der Waals surface area contributed by atoms with Gasteiger partial charge in [0.1, 0.15) is 5.82 Å². The number of nitrogens with one attached hydrogen (secondary N) is 1. The fourth-order valence-electron chi connectivity index (χ4n) is 3.11. The van der Waals surface area contributed by atoms with Crippen molar-refractivity contribution in [2.75, 3.05) is 40.8 Å². The van der Waals surface area contributed by atoms with E-state index < -0.39 is 0 Å². The molecule has 2 rings (SSSR count). The second-order valence-corrected chi connectivity index (χ2v) is 6.50. The molecule has 23 heavy (non-hydrogen) atoms. The summed E-state index contributed by atoms with van der Waals surface area (Å²) in [5.74, 6) is 1.48. The molecule has 1 saturated heterocycles. The maximum Gasteiger partial charge on any atom is 0.193 e. The summed E-state index contributed by atoms with van der Waals surface area (Å²) in [6.45, 7) is 4.00. The molecule has 0 aliphatic carbocycles. The molecule has 0 atom stereocenters. The lowest BCUT2D eigenvalue weighted by Gasteiger charge is -2.29. The Balaban J connectivity index is 1.76. The van der Waals surface area contributed by atoms with Gasteiger partial charge in [0.05, 0.1) is 0 Å². The summed E-state index contributed by atoms with van der Waals surface area (Å²) in [6.07, 6.45) is 3.76. The topological polar surface area (TPSA) is 30.9 Å². The first-order valence-electron chi connectivity index (χ1n) is 8.43. The number of hydrogen-bond acceptors (Lipinski definition) is 2. The molecule has 0 amide bonds. The summed E-state index contributed by atoms with van der Waals surface area (Å²) in [4.78, 5) is 8.76. The van der Waals surface area contributed by atoms with E-state index in [1.54, 1.807) is 19.2 Å². The van der Waals surface area contributed by atoms with Crippen LogP contribution in [0.2, 0.25) is 0 Å². The Bertz CT molecular complexity index is 509. The third-order valence-electron chi connectivity index (χ3n) is 4.56. The maximum atomic E-state index is 13.3. The zero-order chi connectivity index (χ0) is 16.7. The predicted molar refractivity (Wildman–Crippen MR) is 94.1 cm³/mol. The summed E-state index contributed by atoms with van der Waals surface area (Å²) in [5, 5.41) is 3.43. The number of hydrogen-bond donors (Lipinski definition) is 1. The van der Waals surface area contributed by atoms with Crippen molar-refractivity contribution >= 4 is 5.96 Å². The van der Waals surface area contributed by atoms with E-state index in [0.717, 1.165) is 24.0 Å². The Morgan fingerprint density at radius 1 is 1.39 bits per heavy atom. The predicted octanol–water partition coefficient (Wildman–Crippen LogP) is 2.56. The van der Waals surface area contributed by atoms with Crippen molar-refractivity contribution in [1.82, 2.24) is 15.1 Å². The van der Waals surface area contributed by atoms with Crippen LogP contribution in [0.1, 0.15) is 24.8 Å². The Morgan fingerprint density at radius 2 is 2.13 bits per heavy atom. The number of likely N-dealkylation sites (tertiary alicyclic amines) is 1. The lowest BCUT2D eigenvalue weighted by molar-refractivity contribution is 0.212. The fourth-order valence-corrected chi connectivity index (χ4v) is 3.11. The monoisotopic (exact) mass is 320 g/mol. The number of piperidine rings is 1. The second kappa shape index (κ2) is 8.87. The zero-order valence-electron chi connectivity index (χ0n) is 14.6. The van der Waals surface area contributed by atoms with Gasteiger partial charge in [-0.25, -0.2) is 4.39 Å². The average Bonchev–Trinajstić information content (AvgIpc) is 2.53. The van der Waals surface area contributed by atoms with Crippen molar-refractivity contribution in [2.45, 2.75) is 25.8 Å². The van der Waals surface area contributed by atoms with Gasteiger partial charge in [-0.3, -0.25) is 4.99 Å². The van der Waals surface area contributed by atoms with E-state index in [1.807, 2.05) is 18.0 Å². The van der Waals surface area contributed by atoms with Crippen LogP contribution >= 0.6 is 0 Å². The molecule has 1 heterocycles. The average molecular weight is 320 g/mol. The highest BCUT2D eigenvalue weighted by atomic mass is 19.1. The van der Waals surface area contributed by atoms with Crippen LogP contribution in [-0.2, 0) is 6.54 Å². The van der Waals surface area contributed by atoms with Gasteiger partial charge < -0.3 is 15.1 Å². The van der Waals surface area contributed by atoms with Gasteiger partial charge in [-0.15, -0.1) is 0 Å². The van der Waals surface area contributed by atoms with Crippen molar-refractivity contribution in [1.29, 1.82) is 0 Å². The van der Waals surface area contributed by atoms with E-state index >= 15 is 0 Å². The molecule has 0 aromatic heterocycles. The smallest absolute Gasteiger partial charge is 0.193 e. The Kier molecular flexibility index (Phi) is 6.84. The van der Waals surface area contributed by atoms with Crippen LogP contribution in [0.25, 0.3) is 0 Å². The summed E-state index contributed by atoms with van der Waals surface area (Å²) in [6, 6.07) is 6.72. The van der Waals surface area contributed by atoms with Gasteiger partial charge in [0.25, 0.3) is 0 Å². The lowest BCUT2D eigenvalue weighted by atomic mass is 9.94. The van der Waals surface area contributed by atoms with Gasteiger partial charge in [-0.05, 0) is 63.0 Å². The second-order valence-electron chi connectivity index (χ2n) is 6.50. The Labute approximate surface area is 139 Å². The fraction of sp³-hybridized carbons (Fsp3) is 0.611. The Hall–Kier alpha value is -1.62. The highest BCUT2D eigenvalue weighted by Crippen LogP contribution is 2.18. The normalized spacial score (nSPS) is 17.3. The molecule has 1 aromatic rings. The third-order valence-corrected chi connectivity index (χ3v) is 4.56. The first-order valence-corrected chi connectivity index (χ1v) is 8.43. The van der Waals surface area contributed by atoms with E-state index in [4.69, 9.17) is 0 Å². The molecule has 5 heteroatoms. The quantitative estimate of drug-likeness (QED) is 0.668. The van der Waals surface area contributed by atoms with Crippen LogP contribution in [0.15, 0.2) is 29.3 Å². The minimum absolute atomic E-state index is 0.193. The van der Waals surface area contributed by atoms with E-state index in [9.17, 15) is 4.39 Å². The van der Waals surface area contributed by atoms with Gasteiger partial charge in [0.2, 0.25) is 0 Å². The number of halogens is 1. The number of guanidine groups is 1. The molecule has 0 spiro atoms.